The summed E-state index contributed by atoms with van der Waals surface area (Å²) in [5, 5.41) is 16.4. The number of rotatable bonds is 6. The number of methoxy groups -OCH3 is 1. The van der Waals surface area contributed by atoms with E-state index in [1.165, 1.54) is 28.3 Å². The number of nitrogens with two attached hydrogens (primary N) is 1. The highest BCUT2D eigenvalue weighted by atomic mass is 32.1. The van der Waals surface area contributed by atoms with Gasteiger partial charge in [-0.1, -0.05) is 0 Å². The predicted molar refractivity (Wildman–Crippen MR) is 129 cm³/mol. The molecule has 10 heteroatoms. The van der Waals surface area contributed by atoms with Crippen molar-refractivity contribution in [2.24, 2.45) is 0 Å². The molecule has 3 N–H and O–H groups in total. The highest BCUT2D eigenvalue weighted by Gasteiger charge is 2.24. The second-order valence-electron chi connectivity index (χ2n) is 8.12. The van der Waals surface area contributed by atoms with Crippen LogP contribution in [0.25, 0.3) is 22.8 Å². The van der Waals surface area contributed by atoms with Crippen LogP contribution in [0, 0.1) is 5.82 Å². The summed E-state index contributed by atoms with van der Waals surface area (Å²) >= 11 is 1.52. The zero-order chi connectivity index (χ0) is 23.7. The monoisotopic (exact) mass is 480 g/mol. The van der Waals surface area contributed by atoms with Crippen LogP contribution in [-0.4, -0.2) is 56.2 Å². The van der Waals surface area contributed by atoms with Crippen molar-refractivity contribution < 1.29 is 14.2 Å². The molecule has 0 amide bonds. The Morgan fingerprint density at radius 1 is 1.06 bits per heavy atom. The number of nitrogen functional groups attached to an aromatic ring is 1. The van der Waals surface area contributed by atoms with E-state index in [9.17, 15) is 9.50 Å². The molecule has 1 aliphatic heterocycles. The quantitative estimate of drug-likeness (QED) is 0.437. The standard InChI is InChI=1S/C24H25FN6O2S/c1-33-18-8-4-16(5-9-18)23-28-22(15-2-6-17(25)7-3-15)29-31(23)14-21(32)30-12-10-19-20(11-13-30)34-24(26)27-19/h2-9,21,32H,10-14H2,1H3,(H2,26,27). The first-order chi connectivity index (χ1) is 16.5. The molecule has 2 aromatic heterocycles. The molecule has 2 aromatic carbocycles. The lowest BCUT2D eigenvalue weighted by atomic mass is 10.2. The SMILES string of the molecule is COc1ccc(-c2nc(-c3ccc(F)cc3)nn2CC(O)N2CCc3nc(N)sc3CC2)cc1. The van der Waals surface area contributed by atoms with Gasteiger partial charge in [0.05, 0.1) is 19.3 Å². The van der Waals surface area contributed by atoms with Crippen LogP contribution in [0.2, 0.25) is 0 Å². The molecule has 34 heavy (non-hydrogen) atoms. The average molecular weight is 481 g/mol. The summed E-state index contributed by atoms with van der Waals surface area (Å²) in [7, 11) is 1.62. The minimum absolute atomic E-state index is 0.235. The lowest BCUT2D eigenvalue weighted by Crippen LogP contribution is -2.40. The molecule has 4 aromatic rings. The summed E-state index contributed by atoms with van der Waals surface area (Å²) in [4.78, 5) is 12.4. The van der Waals surface area contributed by atoms with Crippen molar-refractivity contribution in [1.82, 2.24) is 24.6 Å². The summed E-state index contributed by atoms with van der Waals surface area (Å²) < 4.78 is 20.4. The molecule has 1 atom stereocenters. The van der Waals surface area contributed by atoms with Crippen molar-refractivity contribution in [3.05, 3.63) is 64.9 Å². The minimum atomic E-state index is -0.758. The Kier molecular flexibility index (Phi) is 6.27. The van der Waals surface area contributed by atoms with E-state index in [4.69, 9.17) is 15.5 Å². The van der Waals surface area contributed by atoms with Gasteiger partial charge in [-0.3, -0.25) is 4.90 Å². The van der Waals surface area contributed by atoms with Crippen molar-refractivity contribution in [3.63, 3.8) is 0 Å². The van der Waals surface area contributed by atoms with Crippen molar-refractivity contribution >= 4 is 16.5 Å². The zero-order valence-corrected chi connectivity index (χ0v) is 19.5. The van der Waals surface area contributed by atoms with Gasteiger partial charge in [-0.2, -0.15) is 5.10 Å². The molecule has 0 bridgehead atoms. The maximum absolute atomic E-state index is 13.4. The highest BCUT2D eigenvalue weighted by molar-refractivity contribution is 7.15. The fourth-order valence-corrected chi connectivity index (χ4v) is 4.98. The first-order valence-corrected chi connectivity index (χ1v) is 11.8. The number of aliphatic hydroxyl groups is 1. The first kappa shape index (κ1) is 22.5. The Morgan fingerprint density at radius 2 is 1.76 bits per heavy atom. The maximum Gasteiger partial charge on any atom is 0.181 e. The number of thiazole rings is 1. The van der Waals surface area contributed by atoms with Crippen molar-refractivity contribution in [3.8, 4) is 28.5 Å². The molecule has 0 saturated carbocycles. The van der Waals surface area contributed by atoms with E-state index >= 15 is 0 Å². The van der Waals surface area contributed by atoms with Gasteiger partial charge in [0.25, 0.3) is 0 Å². The lowest BCUT2D eigenvalue weighted by molar-refractivity contribution is -0.00799. The number of aliphatic hydroxyl groups excluding tert-OH is 1. The molecule has 0 spiro atoms. The molecule has 1 unspecified atom stereocenters. The van der Waals surface area contributed by atoms with Gasteiger partial charge in [0, 0.05) is 35.5 Å². The molecule has 176 valence electrons. The lowest BCUT2D eigenvalue weighted by Gasteiger charge is -2.26. The number of nitrogens with zero attached hydrogens (tertiary/aromatic N) is 5. The minimum Gasteiger partial charge on any atom is -0.497 e. The van der Waals surface area contributed by atoms with Crippen LogP contribution in [0.4, 0.5) is 9.52 Å². The Hall–Kier alpha value is -3.34. The molecule has 3 heterocycles. The molecular weight excluding hydrogens is 455 g/mol. The van der Waals surface area contributed by atoms with Gasteiger partial charge in [-0.25, -0.2) is 19.0 Å². The van der Waals surface area contributed by atoms with Crippen LogP contribution in [-0.2, 0) is 19.4 Å². The number of anilines is 1. The topological polar surface area (TPSA) is 102 Å². The van der Waals surface area contributed by atoms with Crippen molar-refractivity contribution in [2.45, 2.75) is 25.6 Å². The van der Waals surface area contributed by atoms with E-state index < -0.39 is 6.23 Å². The van der Waals surface area contributed by atoms with Crippen molar-refractivity contribution in [1.29, 1.82) is 0 Å². The van der Waals surface area contributed by atoms with Crippen LogP contribution in [0.1, 0.15) is 10.6 Å². The van der Waals surface area contributed by atoms with Gasteiger partial charge >= 0.3 is 0 Å². The smallest absolute Gasteiger partial charge is 0.181 e. The summed E-state index contributed by atoms with van der Waals surface area (Å²) in [6, 6.07) is 13.6. The molecule has 8 nitrogen and oxygen atoms in total. The van der Waals surface area contributed by atoms with Gasteiger partial charge in [0.1, 0.15) is 17.8 Å². The Balaban J connectivity index is 1.41. The Bertz CT molecular complexity index is 1250. The van der Waals surface area contributed by atoms with E-state index in [0.717, 1.165) is 29.8 Å². The summed E-state index contributed by atoms with van der Waals surface area (Å²) in [6.07, 6.45) is 0.778. The molecule has 0 aliphatic carbocycles. The number of ether oxygens (including phenoxy) is 1. The van der Waals surface area contributed by atoms with Gasteiger partial charge in [0.15, 0.2) is 16.8 Å². The van der Waals surface area contributed by atoms with Gasteiger partial charge in [0.2, 0.25) is 0 Å². The normalized spacial score (nSPS) is 15.0. The third kappa shape index (κ3) is 4.65. The van der Waals surface area contributed by atoms with E-state index in [1.807, 2.05) is 29.2 Å². The number of hydrogen-bond donors (Lipinski definition) is 2. The van der Waals surface area contributed by atoms with E-state index in [1.54, 1.807) is 23.9 Å². The van der Waals surface area contributed by atoms with Crippen LogP contribution in [0.5, 0.6) is 5.75 Å². The van der Waals surface area contributed by atoms with Crippen LogP contribution < -0.4 is 10.5 Å². The van der Waals surface area contributed by atoms with E-state index in [0.29, 0.717) is 35.4 Å². The van der Waals surface area contributed by atoms with Gasteiger partial charge in [-0.05, 0) is 55.0 Å². The fourth-order valence-electron chi connectivity index (χ4n) is 4.11. The number of hydrogen-bond acceptors (Lipinski definition) is 8. The maximum atomic E-state index is 13.4. The van der Waals surface area contributed by atoms with Gasteiger partial charge in [-0.15, -0.1) is 11.3 Å². The molecule has 5 rings (SSSR count). The van der Waals surface area contributed by atoms with Crippen molar-refractivity contribution in [2.75, 3.05) is 25.9 Å². The molecular formula is C24H25FN6O2S. The Morgan fingerprint density at radius 3 is 2.50 bits per heavy atom. The predicted octanol–water partition coefficient (Wildman–Crippen LogP) is 3.22. The molecule has 0 saturated heterocycles. The number of benzene rings is 2. The van der Waals surface area contributed by atoms with E-state index in [-0.39, 0.29) is 12.4 Å². The fraction of sp³-hybridized carbons (Fsp3) is 0.292. The summed E-state index contributed by atoms with van der Waals surface area (Å²) in [5.41, 5.74) is 8.42. The third-order valence-corrected chi connectivity index (χ3v) is 6.92. The molecule has 1 aliphatic rings. The van der Waals surface area contributed by atoms with E-state index in [2.05, 4.69) is 10.1 Å². The zero-order valence-electron chi connectivity index (χ0n) is 18.7. The molecule has 0 radical (unpaired) electrons. The number of aromatic nitrogens is 4. The molecule has 0 fully saturated rings. The van der Waals surface area contributed by atoms with Crippen LogP contribution in [0.3, 0.4) is 0 Å². The average Bonchev–Trinajstić information content (AvgIpc) is 3.36. The van der Waals surface area contributed by atoms with Gasteiger partial charge < -0.3 is 15.6 Å². The van der Waals surface area contributed by atoms with Crippen LogP contribution in [0.15, 0.2) is 48.5 Å². The summed E-state index contributed by atoms with van der Waals surface area (Å²) in [5.74, 6) is 1.50. The number of halogens is 1. The number of fused-ring (bicyclic) bond motifs is 1. The third-order valence-electron chi connectivity index (χ3n) is 5.94. The highest BCUT2D eigenvalue weighted by Crippen LogP contribution is 2.27. The summed E-state index contributed by atoms with van der Waals surface area (Å²) in [6.45, 7) is 1.61. The Labute approximate surface area is 200 Å². The largest absolute Gasteiger partial charge is 0.497 e. The first-order valence-electron chi connectivity index (χ1n) is 11.0. The van der Waals surface area contributed by atoms with Crippen LogP contribution >= 0.6 is 11.3 Å². The second-order valence-corrected chi connectivity index (χ2v) is 9.23. The second kappa shape index (κ2) is 9.49.